The van der Waals surface area contributed by atoms with Crippen LogP contribution in [0.15, 0.2) is 24.4 Å². The van der Waals surface area contributed by atoms with E-state index in [0.717, 1.165) is 43.1 Å². The number of aromatic nitrogens is 4. The molecule has 0 aromatic carbocycles. The van der Waals surface area contributed by atoms with Crippen molar-refractivity contribution in [1.82, 2.24) is 25.1 Å². The minimum absolute atomic E-state index is 0.0882. The van der Waals surface area contributed by atoms with E-state index >= 15 is 0 Å². The molecule has 1 aliphatic rings. The zero-order chi connectivity index (χ0) is 15.4. The number of hydrogen-bond acceptors (Lipinski definition) is 4. The summed E-state index contributed by atoms with van der Waals surface area (Å²) in [6.07, 6.45) is 5.58. The van der Waals surface area contributed by atoms with Crippen LogP contribution in [0, 0.1) is 0 Å². The molecule has 22 heavy (non-hydrogen) atoms. The number of aryl methyl sites for hydroxylation is 3. The molecule has 1 atom stereocenters. The second kappa shape index (κ2) is 6.68. The van der Waals surface area contributed by atoms with Crippen LogP contribution < -0.4 is 5.32 Å². The summed E-state index contributed by atoms with van der Waals surface area (Å²) in [6.45, 7) is 2.85. The third kappa shape index (κ3) is 3.32. The molecule has 0 bridgehead atoms. The maximum absolute atomic E-state index is 12.1. The van der Waals surface area contributed by atoms with Crippen LogP contribution in [0.25, 0.3) is 0 Å². The van der Waals surface area contributed by atoms with E-state index in [2.05, 4.69) is 32.0 Å². The lowest BCUT2D eigenvalue weighted by Crippen LogP contribution is -2.41. The molecule has 1 aliphatic heterocycles. The van der Waals surface area contributed by atoms with Crippen LogP contribution in [-0.2, 0) is 30.6 Å². The molecule has 6 heteroatoms. The lowest BCUT2D eigenvalue weighted by molar-refractivity contribution is -0.122. The van der Waals surface area contributed by atoms with Gasteiger partial charge >= 0.3 is 0 Å². The number of hydrogen-bond donors (Lipinski definition) is 1. The molecule has 0 saturated carbocycles. The van der Waals surface area contributed by atoms with E-state index in [1.807, 2.05) is 18.2 Å². The number of carbonyl (C=O) groups is 1. The summed E-state index contributed by atoms with van der Waals surface area (Å²) in [4.78, 5) is 16.4. The van der Waals surface area contributed by atoms with Crippen molar-refractivity contribution in [3.05, 3.63) is 41.7 Å². The van der Waals surface area contributed by atoms with Gasteiger partial charge in [0.2, 0.25) is 5.91 Å². The second-order valence-corrected chi connectivity index (χ2v) is 5.62. The number of nitrogens with zero attached hydrogens (tertiary/aromatic N) is 4. The Morgan fingerprint density at radius 3 is 3.09 bits per heavy atom. The van der Waals surface area contributed by atoms with Gasteiger partial charge in [0.05, 0.1) is 0 Å². The Morgan fingerprint density at radius 2 is 2.32 bits per heavy atom. The van der Waals surface area contributed by atoms with E-state index in [0.29, 0.717) is 12.8 Å². The van der Waals surface area contributed by atoms with E-state index in [-0.39, 0.29) is 11.9 Å². The maximum Gasteiger partial charge on any atom is 0.220 e. The van der Waals surface area contributed by atoms with Crippen molar-refractivity contribution in [2.75, 3.05) is 0 Å². The lowest BCUT2D eigenvalue weighted by Gasteiger charge is -2.25. The highest BCUT2D eigenvalue weighted by molar-refractivity contribution is 5.76. The van der Waals surface area contributed by atoms with Gasteiger partial charge in [-0.05, 0) is 25.0 Å². The van der Waals surface area contributed by atoms with Crippen molar-refractivity contribution < 1.29 is 4.79 Å². The van der Waals surface area contributed by atoms with E-state index in [4.69, 9.17) is 0 Å². The van der Waals surface area contributed by atoms with Crippen LogP contribution in [0.2, 0.25) is 0 Å². The van der Waals surface area contributed by atoms with E-state index < -0.39 is 0 Å². The van der Waals surface area contributed by atoms with Gasteiger partial charge in [-0.25, -0.2) is 0 Å². The first-order chi connectivity index (χ1) is 10.8. The van der Waals surface area contributed by atoms with E-state index in [9.17, 15) is 4.79 Å². The summed E-state index contributed by atoms with van der Waals surface area (Å²) >= 11 is 0. The van der Waals surface area contributed by atoms with Gasteiger partial charge in [0, 0.05) is 43.7 Å². The molecule has 0 aliphatic carbocycles. The van der Waals surface area contributed by atoms with Gasteiger partial charge in [-0.15, -0.1) is 10.2 Å². The standard InChI is InChI=1S/C16H21N5O/c1-2-14-19-20-15-8-6-13(11-21(14)15)18-16(22)9-7-12-5-3-4-10-17-12/h3-5,10,13H,2,6-9,11H2,1H3,(H,18,22)/t13-/m1/s1. The molecule has 1 amide bonds. The molecule has 0 fully saturated rings. The van der Waals surface area contributed by atoms with Gasteiger partial charge in [-0.3, -0.25) is 9.78 Å². The average Bonchev–Trinajstić information content (AvgIpc) is 2.96. The highest BCUT2D eigenvalue weighted by Gasteiger charge is 2.23. The number of rotatable bonds is 5. The van der Waals surface area contributed by atoms with Gasteiger partial charge in [-0.1, -0.05) is 13.0 Å². The Bertz CT molecular complexity index is 624. The van der Waals surface area contributed by atoms with Gasteiger partial charge in [0.15, 0.2) is 0 Å². The summed E-state index contributed by atoms with van der Waals surface area (Å²) in [6, 6.07) is 5.95. The predicted octanol–water partition coefficient (Wildman–Crippen LogP) is 1.30. The fourth-order valence-corrected chi connectivity index (χ4v) is 2.85. The third-order valence-corrected chi connectivity index (χ3v) is 4.04. The minimum atomic E-state index is 0.0882. The SMILES string of the molecule is CCc1nnc2n1C[C@H](NC(=O)CCc1ccccn1)CC2. The summed E-state index contributed by atoms with van der Waals surface area (Å²) in [7, 11) is 0. The number of fused-ring (bicyclic) bond motifs is 1. The minimum Gasteiger partial charge on any atom is -0.352 e. The monoisotopic (exact) mass is 299 g/mol. The molecule has 0 radical (unpaired) electrons. The lowest BCUT2D eigenvalue weighted by atomic mass is 10.1. The van der Waals surface area contributed by atoms with Crippen LogP contribution in [0.1, 0.15) is 37.1 Å². The topological polar surface area (TPSA) is 72.7 Å². The predicted molar refractivity (Wildman–Crippen MR) is 82.2 cm³/mol. The average molecular weight is 299 g/mol. The fourth-order valence-electron chi connectivity index (χ4n) is 2.85. The smallest absolute Gasteiger partial charge is 0.220 e. The maximum atomic E-state index is 12.1. The zero-order valence-corrected chi connectivity index (χ0v) is 12.8. The number of nitrogens with one attached hydrogen (secondary N) is 1. The molecule has 2 aromatic rings. The van der Waals surface area contributed by atoms with Crippen LogP contribution in [0.4, 0.5) is 0 Å². The van der Waals surface area contributed by atoms with Gasteiger partial charge in [0.1, 0.15) is 11.6 Å². The zero-order valence-electron chi connectivity index (χ0n) is 12.8. The van der Waals surface area contributed by atoms with E-state index in [1.54, 1.807) is 6.20 Å². The Kier molecular flexibility index (Phi) is 4.46. The first-order valence-corrected chi connectivity index (χ1v) is 7.86. The van der Waals surface area contributed by atoms with Crippen molar-refractivity contribution in [1.29, 1.82) is 0 Å². The normalized spacial score (nSPS) is 17.0. The molecule has 6 nitrogen and oxygen atoms in total. The molecule has 3 rings (SSSR count). The first-order valence-electron chi connectivity index (χ1n) is 7.86. The molecule has 116 valence electrons. The van der Waals surface area contributed by atoms with Crippen molar-refractivity contribution in [3.8, 4) is 0 Å². The number of carbonyl (C=O) groups excluding carboxylic acids is 1. The van der Waals surface area contributed by atoms with Crippen molar-refractivity contribution in [2.24, 2.45) is 0 Å². The second-order valence-electron chi connectivity index (χ2n) is 5.62. The Balaban J connectivity index is 1.52. The summed E-state index contributed by atoms with van der Waals surface area (Å²) in [5, 5.41) is 11.5. The van der Waals surface area contributed by atoms with Gasteiger partial charge in [-0.2, -0.15) is 0 Å². The van der Waals surface area contributed by atoms with Gasteiger partial charge in [0.25, 0.3) is 0 Å². The summed E-state index contributed by atoms with van der Waals surface area (Å²) in [5.74, 6) is 2.13. The highest BCUT2D eigenvalue weighted by Crippen LogP contribution is 2.15. The number of pyridine rings is 1. The molecular weight excluding hydrogens is 278 g/mol. The van der Waals surface area contributed by atoms with Crippen LogP contribution >= 0.6 is 0 Å². The van der Waals surface area contributed by atoms with Crippen LogP contribution in [0.3, 0.4) is 0 Å². The molecule has 0 saturated heterocycles. The fraction of sp³-hybridized carbons (Fsp3) is 0.500. The Labute approximate surface area is 130 Å². The van der Waals surface area contributed by atoms with Crippen molar-refractivity contribution >= 4 is 5.91 Å². The molecule has 1 N–H and O–H groups in total. The quantitative estimate of drug-likeness (QED) is 0.903. The van der Waals surface area contributed by atoms with Crippen LogP contribution in [-0.4, -0.2) is 31.7 Å². The molecule has 0 unspecified atom stereocenters. The third-order valence-electron chi connectivity index (χ3n) is 4.04. The van der Waals surface area contributed by atoms with Crippen molar-refractivity contribution in [3.63, 3.8) is 0 Å². The Morgan fingerprint density at radius 1 is 1.41 bits per heavy atom. The van der Waals surface area contributed by atoms with Crippen molar-refractivity contribution in [2.45, 2.75) is 51.6 Å². The van der Waals surface area contributed by atoms with Gasteiger partial charge < -0.3 is 9.88 Å². The molecule has 2 aromatic heterocycles. The summed E-state index contributed by atoms with van der Waals surface area (Å²) in [5.41, 5.74) is 0.954. The van der Waals surface area contributed by atoms with E-state index in [1.165, 1.54) is 0 Å². The molecule has 3 heterocycles. The van der Waals surface area contributed by atoms with Crippen LogP contribution in [0.5, 0.6) is 0 Å². The molecular formula is C16H21N5O. The number of amides is 1. The highest BCUT2D eigenvalue weighted by atomic mass is 16.1. The Hall–Kier alpha value is -2.24. The summed E-state index contributed by atoms with van der Waals surface area (Å²) < 4.78 is 2.15. The first kappa shape index (κ1) is 14.7. The molecule has 0 spiro atoms. The largest absolute Gasteiger partial charge is 0.352 e.